The van der Waals surface area contributed by atoms with Crippen molar-refractivity contribution in [3.63, 3.8) is 0 Å². The highest BCUT2D eigenvalue weighted by Crippen LogP contribution is 2.29. The van der Waals surface area contributed by atoms with Crippen LogP contribution in [0, 0.1) is 11.8 Å². The van der Waals surface area contributed by atoms with Crippen LogP contribution in [0.3, 0.4) is 0 Å². The van der Waals surface area contributed by atoms with Gasteiger partial charge >= 0.3 is 0 Å². The molecule has 108 valence electrons. The van der Waals surface area contributed by atoms with Crippen molar-refractivity contribution in [2.24, 2.45) is 18.9 Å². The van der Waals surface area contributed by atoms with E-state index in [1.807, 2.05) is 11.7 Å². The van der Waals surface area contributed by atoms with E-state index < -0.39 is 0 Å². The molecule has 1 aromatic heterocycles. The van der Waals surface area contributed by atoms with Gasteiger partial charge in [-0.05, 0) is 24.3 Å². The van der Waals surface area contributed by atoms with Gasteiger partial charge in [0.1, 0.15) is 0 Å². The molecule has 0 saturated heterocycles. The van der Waals surface area contributed by atoms with Gasteiger partial charge in [-0.3, -0.25) is 4.68 Å². The smallest absolute Gasteiger partial charge is 0.0841 e. The average molecular weight is 271 g/mol. The lowest BCUT2D eigenvalue weighted by atomic mass is 9.78. The van der Waals surface area contributed by atoms with Crippen LogP contribution in [0.25, 0.3) is 10.9 Å². The molecule has 0 amide bonds. The van der Waals surface area contributed by atoms with Crippen molar-refractivity contribution >= 4 is 10.9 Å². The molecular formula is C17H25N3. The fourth-order valence-electron chi connectivity index (χ4n) is 3.52. The van der Waals surface area contributed by atoms with Crippen LogP contribution in [0.5, 0.6) is 0 Å². The molecule has 2 aromatic rings. The summed E-state index contributed by atoms with van der Waals surface area (Å²) < 4.78 is 1.99. The summed E-state index contributed by atoms with van der Waals surface area (Å²) in [5.74, 6) is 1.60. The predicted molar refractivity (Wildman–Crippen MR) is 83.5 cm³/mol. The van der Waals surface area contributed by atoms with Crippen LogP contribution >= 0.6 is 0 Å². The van der Waals surface area contributed by atoms with Crippen molar-refractivity contribution in [1.29, 1.82) is 0 Å². The minimum Gasteiger partial charge on any atom is -0.308 e. The maximum atomic E-state index is 4.67. The van der Waals surface area contributed by atoms with Crippen LogP contribution in [-0.4, -0.2) is 15.8 Å². The zero-order chi connectivity index (χ0) is 14.1. The molecule has 1 heterocycles. The number of rotatable bonds is 3. The molecule has 0 spiro atoms. The van der Waals surface area contributed by atoms with Crippen molar-refractivity contribution in [2.45, 2.75) is 45.7 Å². The molecule has 0 radical (unpaired) electrons. The van der Waals surface area contributed by atoms with Crippen LogP contribution in [-0.2, 0) is 13.6 Å². The molecule has 3 nitrogen and oxygen atoms in total. The number of hydrogen-bond acceptors (Lipinski definition) is 2. The second kappa shape index (κ2) is 5.57. The van der Waals surface area contributed by atoms with Gasteiger partial charge in [0.15, 0.2) is 0 Å². The predicted octanol–water partition coefficient (Wildman–Crippen LogP) is 3.49. The zero-order valence-corrected chi connectivity index (χ0v) is 12.8. The quantitative estimate of drug-likeness (QED) is 0.926. The largest absolute Gasteiger partial charge is 0.308 e. The number of aromatic nitrogens is 2. The van der Waals surface area contributed by atoms with Crippen molar-refractivity contribution in [3.8, 4) is 0 Å². The van der Waals surface area contributed by atoms with E-state index >= 15 is 0 Å². The molecule has 0 aliphatic heterocycles. The first-order chi connectivity index (χ1) is 9.66. The Labute approximate surface area is 121 Å². The highest BCUT2D eigenvalue weighted by molar-refractivity contribution is 5.81. The molecular weight excluding hydrogens is 246 g/mol. The van der Waals surface area contributed by atoms with Crippen molar-refractivity contribution < 1.29 is 0 Å². The van der Waals surface area contributed by atoms with E-state index in [0.717, 1.165) is 18.4 Å². The van der Waals surface area contributed by atoms with Gasteiger partial charge in [-0.2, -0.15) is 5.10 Å². The summed E-state index contributed by atoms with van der Waals surface area (Å²) in [6.07, 6.45) is 4.04. The lowest BCUT2D eigenvalue weighted by Crippen LogP contribution is -2.40. The second-order valence-corrected chi connectivity index (χ2v) is 6.34. The molecule has 1 fully saturated rings. The van der Waals surface area contributed by atoms with E-state index in [0.29, 0.717) is 6.04 Å². The molecule has 1 aliphatic carbocycles. The summed E-state index contributed by atoms with van der Waals surface area (Å²) in [6.45, 7) is 5.65. The molecule has 3 atom stereocenters. The highest BCUT2D eigenvalue weighted by atomic mass is 15.3. The Balaban J connectivity index is 1.74. The van der Waals surface area contributed by atoms with E-state index in [9.17, 15) is 0 Å². The van der Waals surface area contributed by atoms with Gasteiger partial charge in [0.2, 0.25) is 0 Å². The Morgan fingerprint density at radius 3 is 2.90 bits per heavy atom. The lowest BCUT2D eigenvalue weighted by molar-refractivity contribution is 0.205. The lowest BCUT2D eigenvalue weighted by Gasteiger charge is -2.34. The Bertz CT molecular complexity index is 587. The van der Waals surface area contributed by atoms with Gasteiger partial charge in [-0.25, -0.2) is 0 Å². The molecule has 1 saturated carbocycles. The molecule has 1 aliphatic rings. The summed E-state index contributed by atoms with van der Waals surface area (Å²) in [5, 5.41) is 9.70. The molecule has 1 N–H and O–H groups in total. The molecule has 0 bridgehead atoms. The molecule has 3 heteroatoms. The van der Waals surface area contributed by atoms with Gasteiger partial charge in [-0.15, -0.1) is 0 Å². The third kappa shape index (κ3) is 2.47. The van der Waals surface area contributed by atoms with Crippen LogP contribution in [0.1, 0.15) is 38.8 Å². The number of nitrogens with one attached hydrogen (secondary N) is 1. The summed E-state index contributed by atoms with van der Waals surface area (Å²) in [7, 11) is 2.02. The minimum atomic E-state index is 0.638. The van der Waals surface area contributed by atoms with E-state index in [2.05, 4.69) is 48.5 Å². The Hall–Kier alpha value is -1.35. The Kier molecular flexibility index (Phi) is 3.79. The minimum absolute atomic E-state index is 0.638. The third-order valence-corrected chi connectivity index (χ3v) is 5.07. The van der Waals surface area contributed by atoms with E-state index in [1.54, 1.807) is 0 Å². The topological polar surface area (TPSA) is 29.9 Å². The standard InChI is InChI=1S/C17H25N3/c1-12-7-6-9-15(13(12)2)18-11-16-14-8-4-5-10-17(14)20(3)19-16/h4-5,8,10,12-13,15,18H,6-7,9,11H2,1-3H3. The van der Waals surface area contributed by atoms with E-state index in [4.69, 9.17) is 0 Å². The van der Waals surface area contributed by atoms with Crippen molar-refractivity contribution in [3.05, 3.63) is 30.0 Å². The maximum absolute atomic E-state index is 4.67. The Morgan fingerprint density at radius 2 is 2.05 bits per heavy atom. The summed E-state index contributed by atoms with van der Waals surface area (Å²) in [4.78, 5) is 0. The fourth-order valence-corrected chi connectivity index (χ4v) is 3.52. The third-order valence-electron chi connectivity index (χ3n) is 5.07. The first kappa shape index (κ1) is 13.6. The highest BCUT2D eigenvalue weighted by Gasteiger charge is 2.26. The number of nitrogens with zero attached hydrogens (tertiary/aromatic N) is 2. The number of fused-ring (bicyclic) bond motifs is 1. The summed E-state index contributed by atoms with van der Waals surface area (Å²) in [6, 6.07) is 9.12. The first-order valence-corrected chi connectivity index (χ1v) is 7.81. The molecule has 1 aromatic carbocycles. The fraction of sp³-hybridized carbons (Fsp3) is 0.588. The number of para-hydroxylation sites is 1. The number of hydrogen-bond donors (Lipinski definition) is 1. The molecule has 20 heavy (non-hydrogen) atoms. The number of benzene rings is 1. The van der Waals surface area contributed by atoms with Crippen LogP contribution in [0.2, 0.25) is 0 Å². The molecule has 3 unspecified atom stereocenters. The normalized spacial score (nSPS) is 27.1. The monoisotopic (exact) mass is 271 g/mol. The van der Waals surface area contributed by atoms with Crippen molar-refractivity contribution in [1.82, 2.24) is 15.1 Å². The van der Waals surface area contributed by atoms with E-state index in [-0.39, 0.29) is 0 Å². The van der Waals surface area contributed by atoms with Gasteiger partial charge < -0.3 is 5.32 Å². The number of aryl methyl sites for hydroxylation is 1. The van der Waals surface area contributed by atoms with Gasteiger partial charge in [0.05, 0.1) is 11.2 Å². The van der Waals surface area contributed by atoms with Crippen molar-refractivity contribution in [2.75, 3.05) is 0 Å². The summed E-state index contributed by atoms with van der Waals surface area (Å²) in [5.41, 5.74) is 2.39. The van der Waals surface area contributed by atoms with Gasteiger partial charge in [-0.1, -0.05) is 44.9 Å². The summed E-state index contributed by atoms with van der Waals surface area (Å²) >= 11 is 0. The SMILES string of the molecule is CC1CCCC(NCc2nn(C)c3ccccc23)C1C. The Morgan fingerprint density at radius 1 is 1.25 bits per heavy atom. The molecule has 3 rings (SSSR count). The maximum Gasteiger partial charge on any atom is 0.0841 e. The van der Waals surface area contributed by atoms with Crippen LogP contribution < -0.4 is 5.32 Å². The first-order valence-electron chi connectivity index (χ1n) is 7.81. The van der Waals surface area contributed by atoms with Gasteiger partial charge in [0.25, 0.3) is 0 Å². The zero-order valence-electron chi connectivity index (χ0n) is 12.8. The van der Waals surface area contributed by atoms with Crippen LogP contribution in [0.4, 0.5) is 0 Å². The average Bonchev–Trinajstić information content (AvgIpc) is 2.78. The van der Waals surface area contributed by atoms with Gasteiger partial charge in [0, 0.05) is 25.0 Å². The van der Waals surface area contributed by atoms with Crippen LogP contribution in [0.15, 0.2) is 24.3 Å². The second-order valence-electron chi connectivity index (χ2n) is 6.34. The van der Waals surface area contributed by atoms with E-state index in [1.165, 1.54) is 35.9 Å².